The molecule has 0 atom stereocenters. The number of rotatable bonds is 7. The number of carbonyl (C=O) groups is 1. The maximum atomic E-state index is 10.2. The van der Waals surface area contributed by atoms with Crippen LogP contribution in [0.2, 0.25) is 0 Å². The Morgan fingerprint density at radius 2 is 1.92 bits per heavy atom. The predicted octanol–water partition coefficient (Wildman–Crippen LogP) is 1.79. The second kappa shape index (κ2) is 4.61. The molecule has 1 rings (SSSR count). The van der Waals surface area contributed by atoms with Gasteiger partial charge in [0.1, 0.15) is 0 Å². The summed E-state index contributed by atoms with van der Waals surface area (Å²) in [7, 11) is 0. The summed E-state index contributed by atoms with van der Waals surface area (Å²) in [4.78, 5) is 10.2. The van der Waals surface area contributed by atoms with Gasteiger partial charge in [-0.15, -0.1) is 0 Å². The zero-order chi connectivity index (χ0) is 9.73. The van der Waals surface area contributed by atoms with Crippen molar-refractivity contribution in [2.75, 3.05) is 6.61 Å². The van der Waals surface area contributed by atoms with E-state index in [1.807, 2.05) is 0 Å². The van der Waals surface area contributed by atoms with Gasteiger partial charge in [0.05, 0.1) is 0 Å². The Hall–Kier alpha value is -0.570. The van der Waals surface area contributed by atoms with E-state index in [9.17, 15) is 4.79 Å². The highest BCUT2D eigenvalue weighted by molar-refractivity contribution is 5.66. The van der Waals surface area contributed by atoms with Gasteiger partial charge in [-0.25, -0.2) is 0 Å². The number of carboxylic acid groups (broad SMARTS) is 1. The molecule has 1 saturated carbocycles. The highest BCUT2D eigenvalue weighted by atomic mass is 16.4. The molecule has 0 amide bonds. The molecule has 0 unspecified atom stereocenters. The molecule has 0 spiro atoms. The van der Waals surface area contributed by atoms with Crippen LogP contribution in [-0.4, -0.2) is 22.8 Å². The van der Waals surface area contributed by atoms with Crippen LogP contribution in [0.25, 0.3) is 0 Å². The van der Waals surface area contributed by atoms with E-state index in [0.29, 0.717) is 6.61 Å². The first kappa shape index (κ1) is 10.5. The third-order valence-corrected chi connectivity index (χ3v) is 2.89. The van der Waals surface area contributed by atoms with Crippen molar-refractivity contribution in [3.63, 3.8) is 0 Å². The highest BCUT2D eigenvalue weighted by Gasteiger charge is 2.40. The van der Waals surface area contributed by atoms with Crippen LogP contribution in [0, 0.1) is 5.41 Å². The van der Waals surface area contributed by atoms with Gasteiger partial charge in [-0.3, -0.25) is 4.79 Å². The number of unbranched alkanes of at least 4 members (excludes halogenated alkanes) is 2. The van der Waals surface area contributed by atoms with E-state index in [4.69, 9.17) is 10.2 Å². The fraction of sp³-hybridized carbons (Fsp3) is 0.900. The molecule has 1 fully saturated rings. The van der Waals surface area contributed by atoms with Crippen molar-refractivity contribution in [1.29, 1.82) is 0 Å². The van der Waals surface area contributed by atoms with Crippen molar-refractivity contribution >= 4 is 5.97 Å². The second-order valence-electron chi connectivity index (χ2n) is 4.11. The van der Waals surface area contributed by atoms with E-state index in [2.05, 4.69) is 0 Å². The minimum atomic E-state index is -0.705. The van der Waals surface area contributed by atoms with Crippen molar-refractivity contribution in [3.8, 4) is 0 Å². The van der Waals surface area contributed by atoms with Crippen LogP contribution in [0.1, 0.15) is 44.9 Å². The Morgan fingerprint density at radius 1 is 1.23 bits per heavy atom. The number of hydrogen-bond acceptors (Lipinski definition) is 2. The smallest absolute Gasteiger partial charge is 0.303 e. The molecule has 3 nitrogen and oxygen atoms in total. The largest absolute Gasteiger partial charge is 0.481 e. The SMILES string of the molecule is O=C(O)CCCCCC1(CO)CC1. The van der Waals surface area contributed by atoms with Crippen LogP contribution in [0.4, 0.5) is 0 Å². The van der Waals surface area contributed by atoms with Gasteiger partial charge in [-0.1, -0.05) is 12.8 Å². The van der Waals surface area contributed by atoms with Gasteiger partial charge < -0.3 is 10.2 Å². The highest BCUT2D eigenvalue weighted by Crippen LogP contribution is 2.49. The van der Waals surface area contributed by atoms with Crippen LogP contribution in [-0.2, 0) is 4.79 Å². The molecule has 0 aromatic heterocycles. The summed E-state index contributed by atoms with van der Waals surface area (Å²) >= 11 is 0. The topological polar surface area (TPSA) is 57.5 Å². The summed E-state index contributed by atoms with van der Waals surface area (Å²) in [6.07, 6.45) is 6.48. The van der Waals surface area contributed by atoms with Crippen LogP contribution < -0.4 is 0 Å². The molecule has 76 valence electrons. The van der Waals surface area contributed by atoms with Gasteiger partial charge in [0, 0.05) is 13.0 Å². The lowest BCUT2D eigenvalue weighted by molar-refractivity contribution is -0.137. The summed E-state index contributed by atoms with van der Waals surface area (Å²) in [5.74, 6) is -0.705. The molecular weight excluding hydrogens is 168 g/mol. The normalized spacial score (nSPS) is 18.5. The van der Waals surface area contributed by atoms with Crippen molar-refractivity contribution < 1.29 is 15.0 Å². The first-order valence-electron chi connectivity index (χ1n) is 5.01. The Morgan fingerprint density at radius 3 is 2.38 bits per heavy atom. The average Bonchev–Trinajstić information content (AvgIpc) is 2.84. The average molecular weight is 186 g/mol. The Bertz CT molecular complexity index is 173. The maximum Gasteiger partial charge on any atom is 0.303 e. The molecule has 13 heavy (non-hydrogen) atoms. The molecule has 1 aliphatic rings. The van der Waals surface area contributed by atoms with Gasteiger partial charge in [0.25, 0.3) is 0 Å². The number of aliphatic hydroxyl groups is 1. The minimum Gasteiger partial charge on any atom is -0.481 e. The Balaban J connectivity index is 1.92. The van der Waals surface area contributed by atoms with Gasteiger partial charge in [-0.2, -0.15) is 0 Å². The first-order valence-corrected chi connectivity index (χ1v) is 5.01. The molecule has 3 heteroatoms. The molecule has 1 aliphatic carbocycles. The van der Waals surface area contributed by atoms with Gasteiger partial charge in [0.2, 0.25) is 0 Å². The number of carboxylic acids is 1. The standard InChI is InChI=1S/C10H18O3/c11-8-10(6-7-10)5-3-1-2-4-9(12)13/h11H,1-8H2,(H,12,13). The third kappa shape index (κ3) is 3.77. The zero-order valence-corrected chi connectivity index (χ0v) is 7.96. The van der Waals surface area contributed by atoms with E-state index in [-0.39, 0.29) is 11.8 Å². The van der Waals surface area contributed by atoms with E-state index < -0.39 is 5.97 Å². The molecule has 0 bridgehead atoms. The molecule has 0 aromatic rings. The predicted molar refractivity (Wildman–Crippen MR) is 49.5 cm³/mol. The summed E-state index contributed by atoms with van der Waals surface area (Å²) < 4.78 is 0. The molecule has 0 aliphatic heterocycles. The van der Waals surface area contributed by atoms with Crippen LogP contribution in [0.5, 0.6) is 0 Å². The minimum absolute atomic E-state index is 0.239. The molecule has 0 radical (unpaired) electrons. The Kier molecular flexibility index (Phi) is 3.72. The van der Waals surface area contributed by atoms with E-state index in [0.717, 1.165) is 38.5 Å². The molecular formula is C10H18O3. The lowest BCUT2D eigenvalue weighted by atomic mass is 9.99. The fourth-order valence-electron chi connectivity index (χ4n) is 1.62. The first-order chi connectivity index (χ1) is 6.18. The van der Waals surface area contributed by atoms with E-state index >= 15 is 0 Å². The fourth-order valence-corrected chi connectivity index (χ4v) is 1.62. The van der Waals surface area contributed by atoms with E-state index in [1.165, 1.54) is 0 Å². The van der Waals surface area contributed by atoms with Crippen molar-refractivity contribution in [2.45, 2.75) is 44.9 Å². The molecule has 0 heterocycles. The molecule has 2 N–H and O–H groups in total. The zero-order valence-electron chi connectivity index (χ0n) is 7.96. The quantitative estimate of drug-likeness (QED) is 0.596. The molecule has 0 saturated heterocycles. The van der Waals surface area contributed by atoms with Gasteiger partial charge in [0.15, 0.2) is 0 Å². The van der Waals surface area contributed by atoms with Crippen molar-refractivity contribution in [3.05, 3.63) is 0 Å². The number of aliphatic hydroxyl groups excluding tert-OH is 1. The summed E-state index contributed by atoms with van der Waals surface area (Å²) in [5, 5.41) is 17.4. The number of aliphatic carboxylic acids is 1. The van der Waals surface area contributed by atoms with Crippen molar-refractivity contribution in [2.24, 2.45) is 5.41 Å². The number of hydrogen-bond donors (Lipinski definition) is 2. The maximum absolute atomic E-state index is 10.2. The molecule has 0 aromatic carbocycles. The van der Waals surface area contributed by atoms with Crippen LogP contribution in [0.15, 0.2) is 0 Å². The summed E-state index contributed by atoms with van der Waals surface area (Å²) in [6.45, 7) is 0.311. The van der Waals surface area contributed by atoms with Gasteiger partial charge in [-0.05, 0) is 31.1 Å². The van der Waals surface area contributed by atoms with Crippen molar-refractivity contribution in [1.82, 2.24) is 0 Å². The Labute approximate surface area is 78.8 Å². The van der Waals surface area contributed by atoms with Crippen LogP contribution >= 0.6 is 0 Å². The van der Waals surface area contributed by atoms with Gasteiger partial charge >= 0.3 is 5.97 Å². The second-order valence-corrected chi connectivity index (χ2v) is 4.11. The lowest BCUT2D eigenvalue weighted by Crippen LogP contribution is -2.05. The third-order valence-electron chi connectivity index (χ3n) is 2.89. The summed E-state index contributed by atoms with van der Waals surface area (Å²) in [6, 6.07) is 0. The monoisotopic (exact) mass is 186 g/mol. The summed E-state index contributed by atoms with van der Waals surface area (Å²) in [5.41, 5.74) is 0.239. The lowest BCUT2D eigenvalue weighted by Gasteiger charge is -2.09. The van der Waals surface area contributed by atoms with Crippen LogP contribution in [0.3, 0.4) is 0 Å². The van der Waals surface area contributed by atoms with E-state index in [1.54, 1.807) is 0 Å².